The van der Waals surface area contributed by atoms with Gasteiger partial charge in [0, 0.05) is 12.6 Å². The fourth-order valence-electron chi connectivity index (χ4n) is 1.98. The van der Waals surface area contributed by atoms with Crippen molar-refractivity contribution < 1.29 is 0 Å². The zero-order valence-electron chi connectivity index (χ0n) is 10.5. The van der Waals surface area contributed by atoms with E-state index in [4.69, 9.17) is 5.73 Å². The maximum absolute atomic E-state index is 5.99. The van der Waals surface area contributed by atoms with Crippen molar-refractivity contribution >= 4 is 22.7 Å². The number of anilines is 2. The summed E-state index contributed by atoms with van der Waals surface area (Å²) in [6, 6.07) is 8.14. The summed E-state index contributed by atoms with van der Waals surface area (Å²) in [5.74, 6) is 1.28. The smallest absolute Gasteiger partial charge is 0.172 e. The van der Waals surface area contributed by atoms with Crippen LogP contribution in [0, 0.1) is 0 Å². The molecule has 1 aromatic heterocycles. The molecule has 1 heterocycles. The van der Waals surface area contributed by atoms with Crippen molar-refractivity contribution in [2.24, 2.45) is 0 Å². The van der Waals surface area contributed by atoms with Gasteiger partial charge in [0.05, 0.1) is 11.0 Å². The molecule has 0 bridgehead atoms. The number of aromatic nitrogens is 2. The number of fused-ring (bicyclic) bond motifs is 1. The molecule has 0 amide bonds. The Balaban J connectivity index is 2.57. The van der Waals surface area contributed by atoms with E-state index < -0.39 is 0 Å². The Kier molecular flexibility index (Phi) is 3.13. The Morgan fingerprint density at radius 3 is 2.29 bits per heavy atom. The van der Waals surface area contributed by atoms with E-state index in [1.807, 2.05) is 24.3 Å². The summed E-state index contributed by atoms with van der Waals surface area (Å²) in [4.78, 5) is 11.2. The first-order valence-corrected chi connectivity index (χ1v) is 5.92. The van der Waals surface area contributed by atoms with Crippen molar-refractivity contribution in [3.63, 3.8) is 0 Å². The van der Waals surface area contributed by atoms with E-state index in [-0.39, 0.29) is 0 Å². The average Bonchev–Trinajstić information content (AvgIpc) is 2.30. The molecule has 0 spiro atoms. The van der Waals surface area contributed by atoms with Gasteiger partial charge in [0.15, 0.2) is 11.6 Å². The SMILES string of the molecule is CCN(c1nc2ccccc2nc1N)C(C)C. The Hall–Kier alpha value is -1.84. The minimum absolute atomic E-state index is 0.359. The topological polar surface area (TPSA) is 55.0 Å². The fourth-order valence-corrected chi connectivity index (χ4v) is 1.98. The van der Waals surface area contributed by atoms with E-state index in [2.05, 4.69) is 35.6 Å². The third kappa shape index (κ3) is 2.16. The first kappa shape index (κ1) is 11.6. The summed E-state index contributed by atoms with van der Waals surface area (Å²) >= 11 is 0. The van der Waals surface area contributed by atoms with Crippen LogP contribution in [0.25, 0.3) is 11.0 Å². The fraction of sp³-hybridized carbons (Fsp3) is 0.385. The Morgan fingerprint density at radius 1 is 1.18 bits per heavy atom. The van der Waals surface area contributed by atoms with Gasteiger partial charge >= 0.3 is 0 Å². The second-order valence-corrected chi connectivity index (χ2v) is 4.30. The molecule has 4 nitrogen and oxygen atoms in total. The van der Waals surface area contributed by atoms with Crippen LogP contribution in [0.3, 0.4) is 0 Å². The summed E-state index contributed by atoms with van der Waals surface area (Å²) in [6.45, 7) is 7.21. The van der Waals surface area contributed by atoms with Crippen molar-refractivity contribution in [2.45, 2.75) is 26.8 Å². The van der Waals surface area contributed by atoms with Crippen LogP contribution in [0.4, 0.5) is 11.6 Å². The lowest BCUT2D eigenvalue weighted by Gasteiger charge is -2.27. The molecule has 2 aromatic rings. The van der Waals surface area contributed by atoms with Gasteiger partial charge in [-0.05, 0) is 32.9 Å². The lowest BCUT2D eigenvalue weighted by Crippen LogP contribution is -2.32. The van der Waals surface area contributed by atoms with Gasteiger partial charge in [-0.15, -0.1) is 0 Å². The molecule has 17 heavy (non-hydrogen) atoms. The highest BCUT2D eigenvalue weighted by Crippen LogP contribution is 2.23. The number of para-hydroxylation sites is 2. The second-order valence-electron chi connectivity index (χ2n) is 4.30. The number of rotatable bonds is 3. The van der Waals surface area contributed by atoms with E-state index >= 15 is 0 Å². The van der Waals surface area contributed by atoms with Crippen LogP contribution in [0.5, 0.6) is 0 Å². The molecular weight excluding hydrogens is 212 g/mol. The van der Waals surface area contributed by atoms with Crippen LogP contribution in [-0.2, 0) is 0 Å². The molecule has 0 fully saturated rings. The molecule has 0 unspecified atom stereocenters. The van der Waals surface area contributed by atoms with Crippen molar-refractivity contribution in [3.8, 4) is 0 Å². The maximum Gasteiger partial charge on any atom is 0.172 e. The number of hydrogen-bond donors (Lipinski definition) is 1. The molecule has 0 saturated heterocycles. The zero-order valence-corrected chi connectivity index (χ0v) is 10.5. The van der Waals surface area contributed by atoms with E-state index in [1.54, 1.807) is 0 Å². The quantitative estimate of drug-likeness (QED) is 0.880. The second kappa shape index (κ2) is 4.57. The van der Waals surface area contributed by atoms with Gasteiger partial charge in [-0.1, -0.05) is 12.1 Å². The van der Waals surface area contributed by atoms with Gasteiger partial charge in [-0.2, -0.15) is 0 Å². The third-order valence-corrected chi connectivity index (χ3v) is 2.81. The lowest BCUT2D eigenvalue weighted by atomic mass is 10.2. The number of nitrogen functional groups attached to an aromatic ring is 1. The Labute approximate surface area is 101 Å². The van der Waals surface area contributed by atoms with E-state index in [0.717, 1.165) is 23.4 Å². The largest absolute Gasteiger partial charge is 0.381 e. The van der Waals surface area contributed by atoms with Gasteiger partial charge in [0.25, 0.3) is 0 Å². The molecule has 0 aliphatic heterocycles. The van der Waals surface area contributed by atoms with Crippen LogP contribution >= 0.6 is 0 Å². The molecule has 0 atom stereocenters. The molecule has 0 saturated carbocycles. The van der Waals surface area contributed by atoms with Gasteiger partial charge in [-0.3, -0.25) is 0 Å². The Morgan fingerprint density at radius 2 is 1.76 bits per heavy atom. The normalized spacial score (nSPS) is 11.1. The van der Waals surface area contributed by atoms with Crippen LogP contribution in [0.2, 0.25) is 0 Å². The monoisotopic (exact) mass is 230 g/mol. The third-order valence-electron chi connectivity index (χ3n) is 2.81. The highest BCUT2D eigenvalue weighted by Gasteiger charge is 2.14. The van der Waals surface area contributed by atoms with Crippen LogP contribution in [0.15, 0.2) is 24.3 Å². The van der Waals surface area contributed by atoms with Crippen LogP contribution in [0.1, 0.15) is 20.8 Å². The summed E-state index contributed by atoms with van der Waals surface area (Å²) in [5, 5.41) is 0. The van der Waals surface area contributed by atoms with Gasteiger partial charge < -0.3 is 10.6 Å². The first-order valence-electron chi connectivity index (χ1n) is 5.92. The summed E-state index contributed by atoms with van der Waals surface area (Å²) in [6.07, 6.45) is 0. The molecule has 90 valence electrons. The standard InChI is InChI=1S/C13H18N4/c1-4-17(9(2)3)13-12(14)15-10-7-5-6-8-11(10)16-13/h5-9H,4H2,1-3H3,(H2,14,15). The molecular formula is C13H18N4. The zero-order chi connectivity index (χ0) is 12.4. The minimum Gasteiger partial charge on any atom is -0.381 e. The molecule has 4 heteroatoms. The van der Waals surface area contributed by atoms with Crippen molar-refractivity contribution in [1.29, 1.82) is 0 Å². The summed E-state index contributed by atoms with van der Waals surface area (Å²) < 4.78 is 0. The minimum atomic E-state index is 0.359. The predicted molar refractivity (Wildman–Crippen MR) is 72.1 cm³/mol. The van der Waals surface area contributed by atoms with Crippen LogP contribution < -0.4 is 10.6 Å². The maximum atomic E-state index is 5.99. The average molecular weight is 230 g/mol. The van der Waals surface area contributed by atoms with E-state index in [0.29, 0.717) is 11.9 Å². The Bertz CT molecular complexity index is 522. The predicted octanol–water partition coefficient (Wildman–Crippen LogP) is 2.45. The molecule has 2 N–H and O–H groups in total. The number of nitrogens with two attached hydrogens (primary N) is 1. The van der Waals surface area contributed by atoms with E-state index in [1.165, 1.54) is 0 Å². The molecule has 1 aromatic carbocycles. The highest BCUT2D eigenvalue weighted by molar-refractivity contribution is 5.79. The van der Waals surface area contributed by atoms with Crippen molar-refractivity contribution in [1.82, 2.24) is 9.97 Å². The van der Waals surface area contributed by atoms with Crippen molar-refractivity contribution in [2.75, 3.05) is 17.2 Å². The highest BCUT2D eigenvalue weighted by atomic mass is 15.2. The molecule has 0 radical (unpaired) electrons. The summed E-state index contributed by atoms with van der Waals surface area (Å²) in [7, 11) is 0. The molecule has 0 aliphatic carbocycles. The van der Waals surface area contributed by atoms with Crippen molar-refractivity contribution in [3.05, 3.63) is 24.3 Å². The lowest BCUT2D eigenvalue weighted by molar-refractivity contribution is 0.695. The molecule has 2 rings (SSSR count). The summed E-state index contributed by atoms with van der Waals surface area (Å²) in [5.41, 5.74) is 7.71. The number of benzene rings is 1. The van der Waals surface area contributed by atoms with Gasteiger partial charge in [0.2, 0.25) is 0 Å². The first-order chi connectivity index (χ1) is 8.13. The number of hydrogen-bond acceptors (Lipinski definition) is 4. The molecule has 0 aliphatic rings. The van der Waals surface area contributed by atoms with Gasteiger partial charge in [-0.25, -0.2) is 9.97 Å². The van der Waals surface area contributed by atoms with Crippen LogP contribution in [-0.4, -0.2) is 22.6 Å². The van der Waals surface area contributed by atoms with Gasteiger partial charge in [0.1, 0.15) is 0 Å². The number of nitrogens with zero attached hydrogens (tertiary/aromatic N) is 3. The van der Waals surface area contributed by atoms with E-state index in [9.17, 15) is 0 Å².